The fourth-order valence-corrected chi connectivity index (χ4v) is 3.65. The number of oxime groups is 1. The number of aliphatic hydroxyl groups excluding tert-OH is 4. The summed E-state index contributed by atoms with van der Waals surface area (Å²) in [5, 5.41) is 42.0. The molecule has 142 valence electrons. The maximum Gasteiger partial charge on any atom is 0.466 e. The minimum atomic E-state index is -4.78. The second-order valence-corrected chi connectivity index (χ2v) is 8.06. The quantitative estimate of drug-likeness (QED) is 0.108. The summed E-state index contributed by atoms with van der Waals surface area (Å²) in [5.74, 6) is 0.750. The number of thioether (sulfide) groups is 2. The number of aliphatic hydroxyl groups is 4. The lowest BCUT2D eigenvalue weighted by Crippen LogP contribution is -2.57. The van der Waals surface area contributed by atoms with Crippen LogP contribution in [-0.2, 0) is 19.4 Å². The van der Waals surface area contributed by atoms with Crippen LogP contribution in [0.2, 0.25) is 0 Å². The van der Waals surface area contributed by atoms with Gasteiger partial charge in [-0.25, -0.2) is 4.28 Å². The SMILES string of the molecule is CSCCCC(=NOS(=O)(=O)O)S[C@@H]1O[C@H](CO)[C@@H](O)[C@H](O)[C@H]1O. The summed E-state index contributed by atoms with van der Waals surface area (Å²) in [6.45, 7) is -0.581. The van der Waals surface area contributed by atoms with Gasteiger partial charge in [0.05, 0.1) is 6.61 Å². The van der Waals surface area contributed by atoms with E-state index in [0.29, 0.717) is 6.42 Å². The highest BCUT2D eigenvalue weighted by molar-refractivity contribution is 8.14. The van der Waals surface area contributed by atoms with E-state index in [1.54, 1.807) is 11.8 Å². The van der Waals surface area contributed by atoms with Crippen molar-refractivity contribution in [2.75, 3.05) is 18.6 Å². The van der Waals surface area contributed by atoms with Gasteiger partial charge in [0.15, 0.2) is 0 Å². The Morgan fingerprint density at radius 3 is 2.46 bits per heavy atom. The van der Waals surface area contributed by atoms with E-state index in [-0.39, 0.29) is 11.5 Å². The Morgan fingerprint density at radius 2 is 1.92 bits per heavy atom. The molecule has 0 aromatic heterocycles. The van der Waals surface area contributed by atoms with Gasteiger partial charge >= 0.3 is 10.4 Å². The molecule has 10 nitrogen and oxygen atoms in total. The van der Waals surface area contributed by atoms with E-state index < -0.39 is 46.9 Å². The summed E-state index contributed by atoms with van der Waals surface area (Å²) in [6.07, 6.45) is -2.86. The van der Waals surface area contributed by atoms with Crippen LogP contribution in [0, 0.1) is 0 Å². The molecule has 13 heteroatoms. The topological polar surface area (TPSA) is 166 Å². The average Bonchev–Trinajstić information content (AvgIpc) is 2.52. The molecule has 1 rings (SSSR count). The normalized spacial score (nSPS) is 31.9. The highest BCUT2D eigenvalue weighted by Gasteiger charge is 2.44. The second kappa shape index (κ2) is 10.1. The molecule has 0 aliphatic carbocycles. The molecule has 5 atom stereocenters. The standard InChI is InChI=1S/C11H21NO9S3/c1-22-4-2-3-7(12-21-24(17,18)19)23-11-10(16)9(15)8(14)6(5-13)20-11/h6,8-11,13-16H,2-5H2,1H3,(H,17,18,19)/t6-,8-,9+,10-,11+/m1/s1. The van der Waals surface area contributed by atoms with E-state index in [2.05, 4.69) is 9.44 Å². The Morgan fingerprint density at radius 1 is 1.25 bits per heavy atom. The van der Waals surface area contributed by atoms with Gasteiger partial charge in [-0.3, -0.25) is 4.55 Å². The first kappa shape index (κ1) is 21.9. The summed E-state index contributed by atoms with van der Waals surface area (Å²) in [4.78, 5) is 0. The first-order valence-electron chi connectivity index (χ1n) is 6.88. The van der Waals surface area contributed by atoms with E-state index >= 15 is 0 Å². The third-order valence-electron chi connectivity index (χ3n) is 3.07. The van der Waals surface area contributed by atoms with Crippen LogP contribution in [0.15, 0.2) is 5.16 Å². The van der Waals surface area contributed by atoms with Crippen LogP contribution < -0.4 is 0 Å². The number of hydrogen-bond acceptors (Lipinski definition) is 11. The molecule has 0 amide bonds. The van der Waals surface area contributed by atoms with Gasteiger partial charge < -0.3 is 25.2 Å². The Balaban J connectivity index is 2.82. The number of rotatable bonds is 8. The smallest absolute Gasteiger partial charge is 0.394 e. The molecule has 0 bridgehead atoms. The Kier molecular flexibility index (Phi) is 9.25. The molecule has 0 saturated carbocycles. The van der Waals surface area contributed by atoms with E-state index in [4.69, 9.17) is 14.4 Å². The van der Waals surface area contributed by atoms with Crippen molar-refractivity contribution < 1.29 is 42.4 Å². The Hall–Kier alpha value is -0.120. The Labute approximate surface area is 148 Å². The zero-order valence-corrected chi connectivity index (χ0v) is 15.2. The van der Waals surface area contributed by atoms with E-state index in [1.165, 1.54) is 0 Å². The second-order valence-electron chi connectivity index (χ2n) is 4.90. The summed E-state index contributed by atoms with van der Waals surface area (Å²) < 4.78 is 39.2. The molecule has 0 radical (unpaired) electrons. The van der Waals surface area contributed by atoms with E-state index in [0.717, 1.165) is 17.5 Å². The minimum Gasteiger partial charge on any atom is -0.394 e. The van der Waals surface area contributed by atoms with Crippen molar-refractivity contribution in [1.29, 1.82) is 0 Å². The molecule has 1 aliphatic rings. The van der Waals surface area contributed by atoms with Crippen molar-refractivity contribution in [1.82, 2.24) is 0 Å². The van der Waals surface area contributed by atoms with E-state index in [1.807, 2.05) is 6.26 Å². The molecule has 0 aromatic rings. The lowest BCUT2D eigenvalue weighted by atomic mass is 10.0. The molecule has 0 spiro atoms. The van der Waals surface area contributed by atoms with E-state index in [9.17, 15) is 23.7 Å². The maximum atomic E-state index is 10.6. The summed E-state index contributed by atoms with van der Waals surface area (Å²) in [6, 6.07) is 0. The van der Waals surface area contributed by atoms with Gasteiger partial charge in [0.1, 0.15) is 34.9 Å². The third-order valence-corrected chi connectivity index (χ3v) is 5.21. The first-order chi connectivity index (χ1) is 11.2. The number of ether oxygens (including phenoxy) is 1. The molecule has 24 heavy (non-hydrogen) atoms. The predicted molar refractivity (Wildman–Crippen MR) is 89.0 cm³/mol. The average molecular weight is 407 g/mol. The van der Waals surface area contributed by atoms with Crippen molar-refractivity contribution in [3.63, 3.8) is 0 Å². The van der Waals surface area contributed by atoms with Crippen molar-refractivity contribution in [2.45, 2.75) is 42.7 Å². The Bertz CT molecular complexity index is 513. The zero-order valence-electron chi connectivity index (χ0n) is 12.8. The van der Waals surface area contributed by atoms with Gasteiger partial charge in [0.25, 0.3) is 0 Å². The van der Waals surface area contributed by atoms with Crippen LogP contribution in [0.5, 0.6) is 0 Å². The van der Waals surface area contributed by atoms with Crippen LogP contribution >= 0.6 is 23.5 Å². The maximum absolute atomic E-state index is 10.6. The summed E-state index contributed by atoms with van der Waals surface area (Å²) in [5.41, 5.74) is -1.11. The van der Waals surface area contributed by atoms with Crippen molar-refractivity contribution >= 4 is 39.0 Å². The monoisotopic (exact) mass is 407 g/mol. The lowest BCUT2D eigenvalue weighted by Gasteiger charge is -2.39. The van der Waals surface area contributed by atoms with Crippen LogP contribution in [0.25, 0.3) is 0 Å². The van der Waals surface area contributed by atoms with Crippen molar-refractivity contribution in [2.24, 2.45) is 5.16 Å². The van der Waals surface area contributed by atoms with Crippen LogP contribution in [0.3, 0.4) is 0 Å². The number of hydrogen-bond donors (Lipinski definition) is 5. The molecule has 5 N–H and O–H groups in total. The molecular weight excluding hydrogens is 386 g/mol. The summed E-state index contributed by atoms with van der Waals surface area (Å²) >= 11 is 2.33. The largest absolute Gasteiger partial charge is 0.466 e. The highest BCUT2D eigenvalue weighted by Crippen LogP contribution is 2.30. The van der Waals surface area contributed by atoms with Gasteiger partial charge in [-0.05, 0) is 18.4 Å². The van der Waals surface area contributed by atoms with Gasteiger partial charge in [-0.2, -0.15) is 20.2 Å². The fraction of sp³-hybridized carbons (Fsp3) is 0.909. The summed E-state index contributed by atoms with van der Waals surface area (Å²) in [7, 11) is -4.78. The molecular formula is C11H21NO9S3. The molecule has 1 aliphatic heterocycles. The number of nitrogens with zero attached hydrogens (tertiary/aromatic N) is 1. The molecule has 0 aromatic carbocycles. The van der Waals surface area contributed by atoms with Gasteiger partial charge in [0, 0.05) is 6.42 Å². The molecule has 1 saturated heterocycles. The van der Waals surface area contributed by atoms with Crippen LogP contribution in [0.4, 0.5) is 0 Å². The van der Waals surface area contributed by atoms with Crippen LogP contribution in [-0.4, -0.2) is 86.9 Å². The van der Waals surface area contributed by atoms with Gasteiger partial charge in [0.2, 0.25) is 0 Å². The molecule has 0 unspecified atom stereocenters. The fourth-order valence-electron chi connectivity index (χ4n) is 1.88. The lowest BCUT2D eigenvalue weighted by molar-refractivity contribution is -0.205. The first-order valence-corrected chi connectivity index (χ1v) is 10.5. The van der Waals surface area contributed by atoms with Crippen molar-refractivity contribution in [3.8, 4) is 0 Å². The predicted octanol–water partition coefficient (Wildman–Crippen LogP) is -1.20. The zero-order chi connectivity index (χ0) is 18.3. The van der Waals surface area contributed by atoms with Gasteiger partial charge in [-0.15, -0.1) is 0 Å². The van der Waals surface area contributed by atoms with Crippen LogP contribution in [0.1, 0.15) is 12.8 Å². The molecule has 1 fully saturated rings. The van der Waals surface area contributed by atoms with Gasteiger partial charge in [-0.1, -0.05) is 16.9 Å². The molecule has 1 heterocycles. The highest BCUT2D eigenvalue weighted by atomic mass is 32.3. The minimum absolute atomic E-state index is 0.103. The third kappa shape index (κ3) is 7.01. The van der Waals surface area contributed by atoms with Crippen molar-refractivity contribution in [3.05, 3.63) is 0 Å².